The summed E-state index contributed by atoms with van der Waals surface area (Å²) >= 11 is 0. The number of aromatic hydroxyl groups is 1. The fraction of sp³-hybridized carbons (Fsp3) is 0.294. The zero-order chi connectivity index (χ0) is 14.9. The van der Waals surface area contributed by atoms with Crippen LogP contribution in [0.15, 0.2) is 42.9 Å². The minimum absolute atomic E-state index is 0.263. The lowest BCUT2D eigenvalue weighted by atomic mass is 10.1. The first-order valence-electron chi connectivity index (χ1n) is 7.69. The first kappa shape index (κ1) is 13.1. The molecule has 0 bridgehead atoms. The van der Waals surface area contributed by atoms with Crippen molar-refractivity contribution >= 4 is 11.5 Å². The van der Waals surface area contributed by atoms with Crippen LogP contribution in [0.3, 0.4) is 0 Å². The van der Waals surface area contributed by atoms with Gasteiger partial charge in [0.25, 0.3) is 0 Å². The zero-order valence-corrected chi connectivity index (χ0v) is 12.2. The number of benzene rings is 1. The molecule has 2 N–H and O–H groups in total. The first-order chi connectivity index (χ1) is 10.8. The van der Waals surface area contributed by atoms with Crippen molar-refractivity contribution in [2.45, 2.75) is 31.7 Å². The summed E-state index contributed by atoms with van der Waals surface area (Å²) in [5.41, 5.74) is 2.72. The summed E-state index contributed by atoms with van der Waals surface area (Å²) in [6.45, 7) is 0. The summed E-state index contributed by atoms with van der Waals surface area (Å²) in [6, 6.07) is 7.67. The monoisotopic (exact) mass is 294 g/mol. The van der Waals surface area contributed by atoms with Gasteiger partial charge in [0.2, 0.25) is 0 Å². The van der Waals surface area contributed by atoms with Crippen molar-refractivity contribution in [2.24, 2.45) is 0 Å². The molecule has 2 aromatic heterocycles. The van der Waals surface area contributed by atoms with E-state index in [-0.39, 0.29) is 5.75 Å². The standard InChI is InChI=1S/C17H18N4O/c22-14-7-5-12(6-8-14)16-17(19-13-3-1-2-4-13)21-10-9-18-11-15(21)20-16/h5-11,13,19,22H,1-4H2. The number of nitrogens with one attached hydrogen (secondary N) is 1. The number of hydrogen-bond donors (Lipinski definition) is 2. The largest absolute Gasteiger partial charge is 0.508 e. The smallest absolute Gasteiger partial charge is 0.157 e. The fourth-order valence-electron chi connectivity index (χ4n) is 3.13. The van der Waals surface area contributed by atoms with Crippen LogP contribution in [-0.4, -0.2) is 25.5 Å². The number of nitrogens with zero attached hydrogens (tertiary/aromatic N) is 3. The molecule has 1 fully saturated rings. The lowest BCUT2D eigenvalue weighted by molar-refractivity contribution is 0.475. The van der Waals surface area contributed by atoms with E-state index >= 15 is 0 Å². The van der Waals surface area contributed by atoms with E-state index in [1.165, 1.54) is 25.7 Å². The number of rotatable bonds is 3. The molecule has 0 atom stereocenters. The van der Waals surface area contributed by atoms with Gasteiger partial charge < -0.3 is 10.4 Å². The lowest BCUT2D eigenvalue weighted by Gasteiger charge is -2.14. The summed E-state index contributed by atoms with van der Waals surface area (Å²) < 4.78 is 2.05. The van der Waals surface area contributed by atoms with Gasteiger partial charge in [-0.3, -0.25) is 9.38 Å². The van der Waals surface area contributed by atoms with E-state index in [9.17, 15) is 5.11 Å². The third-order valence-electron chi connectivity index (χ3n) is 4.27. The number of hydrogen-bond acceptors (Lipinski definition) is 4. The molecule has 2 heterocycles. The van der Waals surface area contributed by atoms with Crippen molar-refractivity contribution in [1.29, 1.82) is 0 Å². The predicted octanol–water partition coefficient (Wildman–Crippen LogP) is 3.46. The third-order valence-corrected chi connectivity index (χ3v) is 4.27. The molecular weight excluding hydrogens is 276 g/mol. The number of fused-ring (bicyclic) bond motifs is 1. The van der Waals surface area contributed by atoms with E-state index in [0.717, 1.165) is 22.7 Å². The minimum Gasteiger partial charge on any atom is -0.508 e. The normalized spacial score (nSPS) is 15.5. The Labute approximate surface area is 128 Å². The van der Waals surface area contributed by atoms with Gasteiger partial charge >= 0.3 is 0 Å². The van der Waals surface area contributed by atoms with Crippen LogP contribution in [0.25, 0.3) is 16.9 Å². The average Bonchev–Trinajstić information content (AvgIpc) is 3.17. The number of phenolic OH excluding ortho intramolecular Hbond substituents is 1. The Hall–Kier alpha value is -2.56. The molecule has 1 aromatic carbocycles. The van der Waals surface area contributed by atoms with Gasteiger partial charge in [0.05, 0.1) is 6.20 Å². The Morgan fingerprint density at radius 1 is 1.14 bits per heavy atom. The summed E-state index contributed by atoms with van der Waals surface area (Å²) in [7, 11) is 0. The molecule has 1 saturated carbocycles. The van der Waals surface area contributed by atoms with Gasteiger partial charge in [-0.05, 0) is 37.1 Å². The molecule has 1 aliphatic rings. The first-order valence-corrected chi connectivity index (χ1v) is 7.69. The van der Waals surface area contributed by atoms with Crippen molar-refractivity contribution in [3.8, 4) is 17.0 Å². The van der Waals surface area contributed by atoms with E-state index < -0.39 is 0 Å². The van der Waals surface area contributed by atoms with Crippen molar-refractivity contribution < 1.29 is 5.11 Å². The molecule has 4 rings (SSSR count). The van der Waals surface area contributed by atoms with Crippen LogP contribution >= 0.6 is 0 Å². The van der Waals surface area contributed by atoms with Crippen LogP contribution in [-0.2, 0) is 0 Å². The highest BCUT2D eigenvalue weighted by atomic mass is 16.3. The van der Waals surface area contributed by atoms with Crippen molar-refractivity contribution in [1.82, 2.24) is 14.4 Å². The SMILES string of the molecule is Oc1ccc(-c2nc3cnccn3c2NC2CCCC2)cc1. The summed E-state index contributed by atoms with van der Waals surface area (Å²) in [6.07, 6.45) is 10.4. The van der Waals surface area contributed by atoms with Crippen molar-refractivity contribution in [3.63, 3.8) is 0 Å². The molecule has 0 radical (unpaired) electrons. The fourth-order valence-corrected chi connectivity index (χ4v) is 3.13. The van der Waals surface area contributed by atoms with Gasteiger partial charge in [-0.2, -0.15) is 0 Å². The second kappa shape index (κ2) is 5.33. The number of anilines is 1. The lowest BCUT2D eigenvalue weighted by Crippen LogP contribution is -2.16. The van der Waals surface area contributed by atoms with Gasteiger partial charge in [0.1, 0.15) is 17.3 Å². The predicted molar refractivity (Wildman–Crippen MR) is 86.0 cm³/mol. The van der Waals surface area contributed by atoms with E-state index in [1.54, 1.807) is 24.5 Å². The third kappa shape index (κ3) is 2.28. The molecule has 0 saturated heterocycles. The van der Waals surface area contributed by atoms with Crippen molar-refractivity contribution in [2.75, 3.05) is 5.32 Å². The zero-order valence-electron chi connectivity index (χ0n) is 12.2. The average molecular weight is 294 g/mol. The van der Waals surface area contributed by atoms with Gasteiger partial charge in [-0.15, -0.1) is 0 Å². The van der Waals surface area contributed by atoms with E-state index in [4.69, 9.17) is 4.98 Å². The topological polar surface area (TPSA) is 62.5 Å². The maximum atomic E-state index is 9.49. The Morgan fingerprint density at radius 3 is 2.68 bits per heavy atom. The molecule has 1 aliphatic carbocycles. The molecule has 22 heavy (non-hydrogen) atoms. The Morgan fingerprint density at radius 2 is 1.91 bits per heavy atom. The van der Waals surface area contributed by atoms with Crippen LogP contribution in [0.5, 0.6) is 5.75 Å². The van der Waals surface area contributed by atoms with E-state index in [2.05, 4.69) is 10.3 Å². The van der Waals surface area contributed by atoms with Crippen LogP contribution in [0.4, 0.5) is 5.82 Å². The summed E-state index contributed by atoms with van der Waals surface area (Å²) in [5.74, 6) is 1.27. The molecule has 5 heteroatoms. The van der Waals surface area contributed by atoms with E-state index in [1.807, 2.05) is 22.7 Å². The van der Waals surface area contributed by atoms with Crippen LogP contribution in [0.2, 0.25) is 0 Å². The quantitative estimate of drug-likeness (QED) is 0.776. The molecule has 0 unspecified atom stereocenters. The van der Waals surface area contributed by atoms with Gasteiger partial charge in [-0.1, -0.05) is 12.8 Å². The number of aromatic nitrogens is 3. The number of imidazole rings is 1. The van der Waals surface area contributed by atoms with Gasteiger partial charge in [-0.25, -0.2) is 4.98 Å². The Kier molecular flexibility index (Phi) is 3.18. The molecule has 0 spiro atoms. The summed E-state index contributed by atoms with van der Waals surface area (Å²) in [5, 5.41) is 13.1. The maximum absolute atomic E-state index is 9.49. The van der Waals surface area contributed by atoms with E-state index in [0.29, 0.717) is 6.04 Å². The maximum Gasteiger partial charge on any atom is 0.157 e. The highest BCUT2D eigenvalue weighted by Crippen LogP contribution is 2.32. The molecular formula is C17H18N4O. The molecule has 5 nitrogen and oxygen atoms in total. The van der Waals surface area contributed by atoms with Crippen LogP contribution in [0.1, 0.15) is 25.7 Å². The van der Waals surface area contributed by atoms with Crippen molar-refractivity contribution in [3.05, 3.63) is 42.9 Å². The molecule has 0 amide bonds. The molecule has 3 aromatic rings. The van der Waals surface area contributed by atoms with Gasteiger partial charge in [0, 0.05) is 24.0 Å². The Balaban J connectivity index is 1.83. The van der Waals surface area contributed by atoms with Crippen LogP contribution < -0.4 is 5.32 Å². The summed E-state index contributed by atoms with van der Waals surface area (Å²) in [4.78, 5) is 8.87. The highest BCUT2D eigenvalue weighted by molar-refractivity contribution is 5.76. The molecule has 112 valence electrons. The second-order valence-electron chi connectivity index (χ2n) is 5.79. The molecule has 0 aliphatic heterocycles. The van der Waals surface area contributed by atoms with Gasteiger partial charge in [0.15, 0.2) is 5.65 Å². The number of phenols is 1. The Bertz CT molecular complexity index is 788. The second-order valence-corrected chi connectivity index (χ2v) is 5.79. The minimum atomic E-state index is 0.263. The van der Waals surface area contributed by atoms with Crippen LogP contribution in [0, 0.1) is 0 Å². The highest BCUT2D eigenvalue weighted by Gasteiger charge is 2.20.